The Balaban J connectivity index is 1.88. The molecule has 4 rings (SSSR count). The minimum absolute atomic E-state index is 0.355. The Morgan fingerprint density at radius 3 is 3.17 bits per heavy atom. The van der Waals surface area contributed by atoms with Gasteiger partial charge in [0.15, 0.2) is 5.78 Å². The van der Waals surface area contributed by atoms with E-state index >= 15 is 0 Å². The van der Waals surface area contributed by atoms with Gasteiger partial charge in [0.2, 0.25) is 0 Å². The van der Waals surface area contributed by atoms with E-state index in [0.717, 1.165) is 18.9 Å². The van der Waals surface area contributed by atoms with Crippen molar-refractivity contribution in [2.75, 3.05) is 6.54 Å². The van der Waals surface area contributed by atoms with Gasteiger partial charge in [0.1, 0.15) is 0 Å². The molecule has 0 spiro atoms. The number of Topliss-reactive ketones (excluding diaryl/α,β-unsaturated/α-hetero) is 1. The van der Waals surface area contributed by atoms with Crippen LogP contribution in [0.4, 0.5) is 0 Å². The SMILES string of the molecule is O=C1CC=CC2=C1C[C@H]1NCC[C@@]23CCCC[C@@H]13. The van der Waals surface area contributed by atoms with Crippen molar-refractivity contribution >= 4 is 5.78 Å². The summed E-state index contributed by atoms with van der Waals surface area (Å²) in [5.74, 6) is 1.18. The van der Waals surface area contributed by atoms with Crippen LogP contribution in [0, 0.1) is 11.3 Å². The molecule has 2 bridgehead atoms. The van der Waals surface area contributed by atoms with Gasteiger partial charge in [0.05, 0.1) is 0 Å². The van der Waals surface area contributed by atoms with E-state index < -0.39 is 0 Å². The van der Waals surface area contributed by atoms with Gasteiger partial charge in [-0.25, -0.2) is 0 Å². The third kappa shape index (κ3) is 1.30. The zero-order chi connectivity index (χ0) is 12.2. The number of piperidine rings is 1. The van der Waals surface area contributed by atoms with Crippen LogP contribution >= 0.6 is 0 Å². The van der Waals surface area contributed by atoms with E-state index in [-0.39, 0.29) is 0 Å². The predicted octanol–water partition coefficient (Wildman–Crippen LogP) is 2.75. The van der Waals surface area contributed by atoms with E-state index in [9.17, 15) is 4.79 Å². The molecule has 0 unspecified atom stereocenters. The highest BCUT2D eigenvalue weighted by molar-refractivity contribution is 5.99. The molecule has 2 heteroatoms. The maximum absolute atomic E-state index is 12.2. The highest BCUT2D eigenvalue weighted by atomic mass is 16.1. The van der Waals surface area contributed by atoms with Crippen LogP contribution in [0.2, 0.25) is 0 Å². The molecular weight excluding hydrogens is 222 g/mol. The lowest BCUT2D eigenvalue weighted by Crippen LogP contribution is -2.57. The van der Waals surface area contributed by atoms with Gasteiger partial charge in [-0.05, 0) is 43.7 Å². The molecule has 2 nitrogen and oxygen atoms in total. The second kappa shape index (κ2) is 3.80. The average molecular weight is 243 g/mol. The van der Waals surface area contributed by atoms with Gasteiger partial charge >= 0.3 is 0 Å². The molecule has 3 atom stereocenters. The summed E-state index contributed by atoms with van der Waals surface area (Å²) in [6, 6.07) is 0.577. The van der Waals surface area contributed by atoms with Gasteiger partial charge in [-0.2, -0.15) is 0 Å². The number of hydrogen-bond donors (Lipinski definition) is 1. The first-order chi connectivity index (χ1) is 8.81. The number of hydrogen-bond acceptors (Lipinski definition) is 2. The summed E-state index contributed by atoms with van der Waals surface area (Å²) in [6.07, 6.45) is 12.7. The van der Waals surface area contributed by atoms with Crippen LogP contribution in [0.25, 0.3) is 0 Å². The highest BCUT2D eigenvalue weighted by Gasteiger charge is 2.52. The molecule has 1 saturated carbocycles. The number of ketones is 1. The van der Waals surface area contributed by atoms with Gasteiger partial charge in [0.25, 0.3) is 0 Å². The summed E-state index contributed by atoms with van der Waals surface area (Å²) in [5.41, 5.74) is 2.97. The molecule has 96 valence electrons. The lowest BCUT2D eigenvalue weighted by Gasteiger charge is -2.56. The normalized spacial score (nSPS) is 42.6. The van der Waals surface area contributed by atoms with Crippen LogP contribution < -0.4 is 5.32 Å². The summed E-state index contributed by atoms with van der Waals surface area (Å²) in [6.45, 7) is 1.14. The molecule has 0 aromatic carbocycles. The lowest BCUT2D eigenvalue weighted by molar-refractivity contribution is -0.115. The van der Waals surface area contributed by atoms with Crippen LogP contribution in [-0.2, 0) is 4.79 Å². The Morgan fingerprint density at radius 2 is 2.22 bits per heavy atom. The van der Waals surface area contributed by atoms with Crippen molar-refractivity contribution in [2.24, 2.45) is 11.3 Å². The standard InChI is InChI=1S/C16H21NO/c18-15-6-3-5-12-11(15)10-14-13-4-1-2-7-16(12,13)8-9-17-14/h3,5,13-14,17H,1-2,4,6-10H2/t13-,14+,16-/m0/s1. The molecule has 2 fully saturated rings. The second-order valence-electron chi connectivity index (χ2n) is 6.45. The maximum Gasteiger partial charge on any atom is 0.162 e. The van der Waals surface area contributed by atoms with Crippen LogP contribution in [0.15, 0.2) is 23.3 Å². The van der Waals surface area contributed by atoms with Gasteiger partial charge in [-0.1, -0.05) is 25.0 Å². The number of carbonyl (C=O) groups is 1. The van der Waals surface area contributed by atoms with Crippen molar-refractivity contribution in [3.8, 4) is 0 Å². The van der Waals surface area contributed by atoms with E-state index in [1.165, 1.54) is 43.3 Å². The third-order valence-electron chi connectivity index (χ3n) is 5.77. The zero-order valence-electron chi connectivity index (χ0n) is 10.9. The fourth-order valence-electron chi connectivity index (χ4n) is 5.04. The first-order valence-electron chi connectivity index (χ1n) is 7.48. The van der Waals surface area contributed by atoms with Crippen molar-refractivity contribution in [3.63, 3.8) is 0 Å². The first-order valence-corrected chi connectivity index (χ1v) is 7.48. The smallest absolute Gasteiger partial charge is 0.162 e. The van der Waals surface area contributed by atoms with E-state index in [1.807, 2.05) is 0 Å². The van der Waals surface area contributed by atoms with Crippen molar-refractivity contribution in [1.29, 1.82) is 0 Å². The van der Waals surface area contributed by atoms with Gasteiger partial charge in [-0.15, -0.1) is 0 Å². The maximum atomic E-state index is 12.2. The average Bonchev–Trinajstić information content (AvgIpc) is 2.40. The third-order valence-corrected chi connectivity index (χ3v) is 5.77. The Hall–Kier alpha value is -0.890. The quantitative estimate of drug-likeness (QED) is 0.709. The minimum Gasteiger partial charge on any atom is -0.313 e. The summed E-state index contributed by atoms with van der Waals surface area (Å²) in [4.78, 5) is 12.2. The number of nitrogens with one attached hydrogen (secondary N) is 1. The molecule has 18 heavy (non-hydrogen) atoms. The lowest BCUT2D eigenvalue weighted by atomic mass is 9.51. The van der Waals surface area contributed by atoms with Crippen molar-refractivity contribution in [3.05, 3.63) is 23.3 Å². The van der Waals surface area contributed by atoms with E-state index in [4.69, 9.17) is 0 Å². The van der Waals surface area contributed by atoms with Crippen LogP contribution in [0.5, 0.6) is 0 Å². The molecule has 0 aromatic heterocycles. The molecule has 0 amide bonds. The Bertz CT molecular complexity index is 458. The Kier molecular flexibility index (Phi) is 2.32. The number of allylic oxidation sites excluding steroid dienone is 3. The van der Waals surface area contributed by atoms with Gasteiger partial charge < -0.3 is 5.32 Å². The summed E-state index contributed by atoms with van der Waals surface area (Å²) in [5, 5.41) is 3.69. The zero-order valence-corrected chi connectivity index (χ0v) is 10.9. The molecule has 1 N–H and O–H groups in total. The highest BCUT2D eigenvalue weighted by Crippen LogP contribution is 2.57. The van der Waals surface area contributed by atoms with Crippen LogP contribution in [0.1, 0.15) is 44.9 Å². The van der Waals surface area contributed by atoms with Crippen LogP contribution in [0.3, 0.4) is 0 Å². The Morgan fingerprint density at radius 1 is 1.28 bits per heavy atom. The van der Waals surface area contributed by atoms with Gasteiger partial charge in [-0.3, -0.25) is 4.79 Å². The first kappa shape index (κ1) is 11.0. The molecule has 1 aliphatic heterocycles. The second-order valence-corrected chi connectivity index (χ2v) is 6.45. The number of rotatable bonds is 0. The molecule has 3 aliphatic carbocycles. The van der Waals surface area contributed by atoms with E-state index in [0.29, 0.717) is 23.7 Å². The monoisotopic (exact) mass is 243 g/mol. The van der Waals surface area contributed by atoms with Crippen LogP contribution in [-0.4, -0.2) is 18.4 Å². The topological polar surface area (TPSA) is 29.1 Å². The van der Waals surface area contributed by atoms with E-state index in [2.05, 4.69) is 17.5 Å². The molecule has 0 radical (unpaired) electrons. The summed E-state index contributed by atoms with van der Waals surface area (Å²) >= 11 is 0. The predicted molar refractivity (Wildman–Crippen MR) is 71.2 cm³/mol. The van der Waals surface area contributed by atoms with E-state index in [1.54, 1.807) is 0 Å². The summed E-state index contributed by atoms with van der Waals surface area (Å²) < 4.78 is 0. The largest absolute Gasteiger partial charge is 0.313 e. The minimum atomic E-state index is 0.355. The van der Waals surface area contributed by atoms with Gasteiger partial charge in [0, 0.05) is 23.5 Å². The Labute approximate surface area is 109 Å². The number of carbonyl (C=O) groups excluding carboxylic acids is 1. The van der Waals surface area contributed by atoms with Crippen molar-refractivity contribution < 1.29 is 4.79 Å². The fraction of sp³-hybridized carbons (Fsp3) is 0.688. The molecule has 1 heterocycles. The molecule has 1 saturated heterocycles. The van der Waals surface area contributed by atoms with Crippen molar-refractivity contribution in [2.45, 2.75) is 51.0 Å². The fourth-order valence-corrected chi connectivity index (χ4v) is 5.04. The summed E-state index contributed by atoms with van der Waals surface area (Å²) in [7, 11) is 0. The molecule has 4 aliphatic rings. The van der Waals surface area contributed by atoms with Crippen molar-refractivity contribution in [1.82, 2.24) is 5.32 Å². The molecular formula is C16H21NO. The molecule has 0 aromatic rings.